The number of rotatable bonds is 6. The lowest BCUT2D eigenvalue weighted by atomic mass is 9.92. The number of carboxylic acids is 1. The van der Waals surface area contributed by atoms with Crippen LogP contribution in [0.5, 0.6) is 0 Å². The summed E-state index contributed by atoms with van der Waals surface area (Å²) in [5.41, 5.74) is -0.319. The molecule has 0 aliphatic carbocycles. The van der Waals surface area contributed by atoms with Gasteiger partial charge in [-0.05, 0) is 59.0 Å². The zero-order valence-electron chi connectivity index (χ0n) is 12.9. The van der Waals surface area contributed by atoms with E-state index in [1.807, 2.05) is 20.8 Å². The van der Waals surface area contributed by atoms with Gasteiger partial charge in [-0.1, -0.05) is 0 Å². The van der Waals surface area contributed by atoms with Gasteiger partial charge in [0.1, 0.15) is 0 Å². The third-order valence-corrected chi connectivity index (χ3v) is 3.89. The predicted molar refractivity (Wildman–Crippen MR) is 78.5 cm³/mol. The maximum Gasteiger partial charge on any atom is 0.305 e. The molecule has 0 saturated carbocycles. The van der Waals surface area contributed by atoms with Gasteiger partial charge in [-0.25, -0.2) is 0 Å². The van der Waals surface area contributed by atoms with Crippen molar-refractivity contribution in [3.05, 3.63) is 0 Å². The van der Waals surface area contributed by atoms with E-state index >= 15 is 0 Å². The maximum absolute atomic E-state index is 12.4. The molecule has 1 saturated heterocycles. The zero-order valence-corrected chi connectivity index (χ0v) is 12.9. The molecule has 0 spiro atoms. The van der Waals surface area contributed by atoms with Gasteiger partial charge in [-0.15, -0.1) is 0 Å². The van der Waals surface area contributed by atoms with Crippen molar-refractivity contribution >= 4 is 11.9 Å². The standard InChI is InChI=1S/C15H28N2O3/c1-15(2,3)17(11-8-14(19)20)13(18)5-4-12-6-9-16-10-7-12/h12,16H,4-11H2,1-3H3,(H,19,20). The van der Waals surface area contributed by atoms with Gasteiger partial charge in [0.2, 0.25) is 5.91 Å². The van der Waals surface area contributed by atoms with E-state index in [0.717, 1.165) is 32.4 Å². The molecule has 1 aliphatic heterocycles. The molecular formula is C15H28N2O3. The quantitative estimate of drug-likeness (QED) is 0.781. The van der Waals surface area contributed by atoms with Crippen LogP contribution >= 0.6 is 0 Å². The van der Waals surface area contributed by atoms with Crippen molar-refractivity contribution in [2.24, 2.45) is 5.92 Å². The monoisotopic (exact) mass is 284 g/mol. The Morgan fingerprint density at radius 3 is 2.30 bits per heavy atom. The third kappa shape index (κ3) is 5.90. The number of carbonyl (C=O) groups is 2. The number of aliphatic carboxylic acids is 1. The minimum absolute atomic E-state index is 0.0103. The molecule has 0 aromatic rings. The second kappa shape index (κ2) is 7.62. The van der Waals surface area contributed by atoms with E-state index in [0.29, 0.717) is 18.9 Å². The highest BCUT2D eigenvalue weighted by Crippen LogP contribution is 2.21. The smallest absolute Gasteiger partial charge is 0.305 e. The van der Waals surface area contributed by atoms with Crippen LogP contribution < -0.4 is 5.32 Å². The van der Waals surface area contributed by atoms with Crippen LogP contribution in [0.25, 0.3) is 0 Å². The summed E-state index contributed by atoms with van der Waals surface area (Å²) in [4.78, 5) is 24.8. The molecule has 1 rings (SSSR count). The molecule has 2 N–H and O–H groups in total. The molecule has 116 valence electrons. The summed E-state index contributed by atoms with van der Waals surface area (Å²) >= 11 is 0. The molecule has 0 atom stereocenters. The fourth-order valence-electron chi connectivity index (χ4n) is 2.67. The van der Waals surface area contributed by atoms with Gasteiger partial charge in [-0.2, -0.15) is 0 Å². The van der Waals surface area contributed by atoms with Crippen LogP contribution in [0, 0.1) is 5.92 Å². The Morgan fingerprint density at radius 2 is 1.80 bits per heavy atom. The molecule has 0 unspecified atom stereocenters. The number of hydrogen-bond acceptors (Lipinski definition) is 3. The first kappa shape index (κ1) is 17.0. The summed E-state index contributed by atoms with van der Waals surface area (Å²) in [6.07, 6.45) is 3.73. The van der Waals surface area contributed by atoms with E-state index in [1.54, 1.807) is 4.90 Å². The first-order valence-corrected chi connectivity index (χ1v) is 7.53. The Bertz CT molecular complexity index is 331. The van der Waals surface area contributed by atoms with E-state index in [4.69, 9.17) is 5.11 Å². The molecule has 0 aromatic carbocycles. The summed E-state index contributed by atoms with van der Waals surface area (Å²) in [6, 6.07) is 0. The summed E-state index contributed by atoms with van der Waals surface area (Å²) in [5, 5.41) is 12.1. The first-order chi connectivity index (χ1) is 9.30. The van der Waals surface area contributed by atoms with Crippen molar-refractivity contribution in [3.63, 3.8) is 0 Å². The van der Waals surface area contributed by atoms with Crippen LogP contribution in [-0.2, 0) is 9.59 Å². The zero-order chi connectivity index (χ0) is 15.2. The Labute approximate surface area is 121 Å². The molecule has 5 nitrogen and oxygen atoms in total. The first-order valence-electron chi connectivity index (χ1n) is 7.53. The second-order valence-electron chi connectivity index (χ2n) is 6.59. The summed E-state index contributed by atoms with van der Waals surface area (Å²) in [7, 11) is 0. The topological polar surface area (TPSA) is 69.6 Å². The fourth-order valence-corrected chi connectivity index (χ4v) is 2.67. The Hall–Kier alpha value is -1.10. The predicted octanol–water partition coefficient (Wildman–Crippen LogP) is 1.87. The number of nitrogens with one attached hydrogen (secondary N) is 1. The number of hydrogen-bond donors (Lipinski definition) is 2. The van der Waals surface area contributed by atoms with Gasteiger partial charge < -0.3 is 15.3 Å². The van der Waals surface area contributed by atoms with E-state index in [2.05, 4.69) is 5.32 Å². The molecule has 1 fully saturated rings. The lowest BCUT2D eigenvalue weighted by molar-refractivity contribution is -0.140. The van der Waals surface area contributed by atoms with Gasteiger partial charge in [0.15, 0.2) is 0 Å². The Morgan fingerprint density at radius 1 is 1.20 bits per heavy atom. The normalized spacial score (nSPS) is 16.9. The molecule has 1 amide bonds. The SMILES string of the molecule is CC(C)(C)N(CCC(=O)O)C(=O)CCC1CCNCC1. The number of carboxylic acid groups (broad SMARTS) is 1. The molecule has 0 bridgehead atoms. The van der Waals surface area contributed by atoms with Crippen LogP contribution in [-0.4, -0.2) is 47.1 Å². The average Bonchev–Trinajstić information content (AvgIpc) is 2.35. The van der Waals surface area contributed by atoms with E-state index in [9.17, 15) is 9.59 Å². The molecule has 20 heavy (non-hydrogen) atoms. The van der Waals surface area contributed by atoms with Gasteiger partial charge in [-0.3, -0.25) is 9.59 Å². The average molecular weight is 284 g/mol. The molecule has 1 aliphatic rings. The molecule has 0 aromatic heterocycles. The fraction of sp³-hybridized carbons (Fsp3) is 0.867. The van der Waals surface area contributed by atoms with Crippen molar-refractivity contribution in [2.45, 2.75) is 58.4 Å². The van der Waals surface area contributed by atoms with Crippen LogP contribution in [0.2, 0.25) is 0 Å². The highest BCUT2D eigenvalue weighted by molar-refractivity contribution is 5.77. The van der Waals surface area contributed by atoms with Crippen LogP contribution in [0.15, 0.2) is 0 Å². The lowest BCUT2D eigenvalue weighted by Crippen LogP contribution is -2.46. The second-order valence-corrected chi connectivity index (χ2v) is 6.59. The van der Waals surface area contributed by atoms with Crippen LogP contribution in [0.4, 0.5) is 0 Å². The van der Waals surface area contributed by atoms with Crippen molar-refractivity contribution in [1.29, 1.82) is 0 Å². The Balaban J connectivity index is 2.47. The maximum atomic E-state index is 12.4. The number of nitrogens with zero attached hydrogens (tertiary/aromatic N) is 1. The van der Waals surface area contributed by atoms with E-state index in [-0.39, 0.29) is 17.9 Å². The summed E-state index contributed by atoms with van der Waals surface area (Å²) < 4.78 is 0. The lowest BCUT2D eigenvalue weighted by Gasteiger charge is -2.36. The minimum atomic E-state index is -0.856. The van der Waals surface area contributed by atoms with Gasteiger partial charge in [0.25, 0.3) is 0 Å². The van der Waals surface area contributed by atoms with Crippen molar-refractivity contribution in [3.8, 4) is 0 Å². The summed E-state index contributed by atoms with van der Waals surface area (Å²) in [6.45, 7) is 8.25. The van der Waals surface area contributed by atoms with E-state index in [1.165, 1.54) is 0 Å². The van der Waals surface area contributed by atoms with Gasteiger partial charge in [0.05, 0.1) is 6.42 Å². The number of carbonyl (C=O) groups excluding carboxylic acids is 1. The highest BCUT2D eigenvalue weighted by atomic mass is 16.4. The number of piperidine rings is 1. The molecular weight excluding hydrogens is 256 g/mol. The van der Waals surface area contributed by atoms with E-state index < -0.39 is 5.97 Å². The van der Waals surface area contributed by atoms with Crippen molar-refractivity contribution in [2.75, 3.05) is 19.6 Å². The summed E-state index contributed by atoms with van der Waals surface area (Å²) in [5.74, 6) is -0.149. The van der Waals surface area contributed by atoms with Gasteiger partial charge in [0, 0.05) is 18.5 Å². The van der Waals surface area contributed by atoms with Crippen molar-refractivity contribution in [1.82, 2.24) is 10.2 Å². The van der Waals surface area contributed by atoms with Crippen LogP contribution in [0.1, 0.15) is 52.9 Å². The Kier molecular flexibility index (Phi) is 6.46. The minimum Gasteiger partial charge on any atom is -0.481 e. The molecule has 0 radical (unpaired) electrons. The highest BCUT2D eigenvalue weighted by Gasteiger charge is 2.27. The van der Waals surface area contributed by atoms with Crippen LogP contribution in [0.3, 0.4) is 0 Å². The third-order valence-electron chi connectivity index (χ3n) is 3.89. The largest absolute Gasteiger partial charge is 0.481 e. The number of amides is 1. The molecule has 5 heteroatoms. The van der Waals surface area contributed by atoms with Gasteiger partial charge >= 0.3 is 5.97 Å². The van der Waals surface area contributed by atoms with Crippen molar-refractivity contribution < 1.29 is 14.7 Å². The molecule has 1 heterocycles.